The number of amides is 1. The molecule has 2 rings (SSSR count). The molecular formula is C8H12N4O3. The Morgan fingerprint density at radius 1 is 1.40 bits per heavy atom. The van der Waals surface area contributed by atoms with Crippen molar-refractivity contribution in [3.05, 3.63) is 12.4 Å². The van der Waals surface area contributed by atoms with Gasteiger partial charge in [-0.2, -0.15) is 0 Å². The van der Waals surface area contributed by atoms with Crippen LogP contribution in [0.3, 0.4) is 0 Å². The van der Waals surface area contributed by atoms with Crippen LogP contribution < -0.4 is 0 Å². The third-order valence-corrected chi connectivity index (χ3v) is 2.38. The molecule has 1 aliphatic rings. The average molecular weight is 212 g/mol. The van der Waals surface area contributed by atoms with Crippen molar-refractivity contribution < 1.29 is 15.0 Å². The Kier molecular flexibility index (Phi) is 2.65. The Morgan fingerprint density at radius 2 is 2.07 bits per heavy atom. The number of likely N-dealkylation sites (tertiary alicyclic amines) is 1. The Morgan fingerprint density at radius 3 is 2.60 bits per heavy atom. The van der Waals surface area contributed by atoms with Gasteiger partial charge in [-0.05, 0) is 0 Å². The van der Waals surface area contributed by atoms with E-state index in [2.05, 4.69) is 10.3 Å². The fourth-order valence-corrected chi connectivity index (χ4v) is 1.53. The van der Waals surface area contributed by atoms with Crippen LogP contribution in [0.1, 0.15) is 0 Å². The number of hydrogen-bond donors (Lipinski definition) is 2. The van der Waals surface area contributed by atoms with Gasteiger partial charge in [-0.15, -0.1) is 5.10 Å². The first-order valence-electron chi connectivity index (χ1n) is 4.65. The van der Waals surface area contributed by atoms with Crippen LogP contribution in [0.2, 0.25) is 0 Å². The number of carbonyl (C=O) groups excluding carboxylic acids is 1. The maximum Gasteiger partial charge on any atom is 0.244 e. The number of β-amino-alcohol motifs (C(OH)–C–C–N with tert-alkyl or cyclic N) is 2. The molecule has 0 aromatic carbocycles. The first kappa shape index (κ1) is 10.1. The van der Waals surface area contributed by atoms with E-state index in [1.165, 1.54) is 15.8 Å². The molecular weight excluding hydrogens is 200 g/mol. The largest absolute Gasteiger partial charge is 0.388 e. The Labute approximate surface area is 85.9 Å². The van der Waals surface area contributed by atoms with Crippen LogP contribution in [0.5, 0.6) is 0 Å². The number of aliphatic hydroxyl groups is 2. The molecule has 2 heterocycles. The Bertz CT molecular complexity index is 330. The molecule has 0 radical (unpaired) electrons. The first-order valence-corrected chi connectivity index (χ1v) is 4.65. The lowest BCUT2D eigenvalue weighted by molar-refractivity contribution is -0.131. The van der Waals surface area contributed by atoms with Gasteiger partial charge < -0.3 is 15.1 Å². The van der Waals surface area contributed by atoms with Crippen LogP contribution in [0.25, 0.3) is 0 Å². The highest BCUT2D eigenvalue weighted by atomic mass is 16.3. The summed E-state index contributed by atoms with van der Waals surface area (Å²) in [6, 6.07) is 0. The molecule has 2 atom stereocenters. The first-order chi connectivity index (χ1) is 7.16. The summed E-state index contributed by atoms with van der Waals surface area (Å²) >= 11 is 0. The van der Waals surface area contributed by atoms with Crippen LogP contribution >= 0.6 is 0 Å². The van der Waals surface area contributed by atoms with E-state index >= 15 is 0 Å². The molecule has 1 aromatic heterocycles. The number of aromatic nitrogens is 3. The fourth-order valence-electron chi connectivity index (χ4n) is 1.53. The second kappa shape index (κ2) is 3.95. The zero-order valence-corrected chi connectivity index (χ0v) is 8.02. The van der Waals surface area contributed by atoms with E-state index in [1.54, 1.807) is 6.20 Å². The van der Waals surface area contributed by atoms with Crippen molar-refractivity contribution in [1.82, 2.24) is 19.9 Å². The molecule has 1 fully saturated rings. The topological polar surface area (TPSA) is 91.5 Å². The normalized spacial score (nSPS) is 25.9. The van der Waals surface area contributed by atoms with Gasteiger partial charge in [0, 0.05) is 19.3 Å². The predicted molar refractivity (Wildman–Crippen MR) is 48.6 cm³/mol. The Balaban J connectivity index is 1.92. The summed E-state index contributed by atoms with van der Waals surface area (Å²) in [4.78, 5) is 13.0. The summed E-state index contributed by atoms with van der Waals surface area (Å²) in [6.45, 7) is 0.433. The molecule has 82 valence electrons. The van der Waals surface area contributed by atoms with E-state index in [0.29, 0.717) is 0 Å². The zero-order valence-electron chi connectivity index (χ0n) is 8.02. The zero-order chi connectivity index (χ0) is 10.8. The fraction of sp³-hybridized carbons (Fsp3) is 0.625. The van der Waals surface area contributed by atoms with Gasteiger partial charge in [-0.25, -0.2) is 4.68 Å². The molecule has 7 heteroatoms. The highest BCUT2D eigenvalue weighted by molar-refractivity contribution is 5.76. The maximum absolute atomic E-state index is 11.6. The van der Waals surface area contributed by atoms with E-state index in [4.69, 9.17) is 0 Å². The quantitative estimate of drug-likeness (QED) is 0.582. The van der Waals surface area contributed by atoms with Gasteiger partial charge in [-0.1, -0.05) is 5.21 Å². The minimum atomic E-state index is -0.843. The number of aliphatic hydroxyl groups excluding tert-OH is 2. The van der Waals surface area contributed by atoms with E-state index < -0.39 is 12.2 Å². The number of hydrogen-bond acceptors (Lipinski definition) is 5. The lowest BCUT2D eigenvalue weighted by Gasteiger charge is -2.14. The Hall–Kier alpha value is -1.47. The number of rotatable bonds is 2. The van der Waals surface area contributed by atoms with Crippen molar-refractivity contribution in [1.29, 1.82) is 0 Å². The van der Waals surface area contributed by atoms with Crippen molar-refractivity contribution in [2.24, 2.45) is 0 Å². The monoisotopic (exact) mass is 212 g/mol. The molecule has 1 amide bonds. The smallest absolute Gasteiger partial charge is 0.244 e. The van der Waals surface area contributed by atoms with Crippen LogP contribution in [0.4, 0.5) is 0 Å². The molecule has 1 aliphatic heterocycles. The summed E-state index contributed by atoms with van der Waals surface area (Å²) in [5.41, 5.74) is 0. The van der Waals surface area contributed by atoms with Gasteiger partial charge >= 0.3 is 0 Å². The molecule has 1 aromatic rings. The molecule has 0 unspecified atom stereocenters. The van der Waals surface area contributed by atoms with Crippen LogP contribution in [0, 0.1) is 0 Å². The molecule has 0 aliphatic carbocycles. The molecule has 2 N–H and O–H groups in total. The van der Waals surface area contributed by atoms with Crippen LogP contribution in [-0.4, -0.2) is 61.3 Å². The van der Waals surface area contributed by atoms with E-state index in [-0.39, 0.29) is 25.5 Å². The molecule has 0 spiro atoms. The molecule has 15 heavy (non-hydrogen) atoms. The summed E-state index contributed by atoms with van der Waals surface area (Å²) < 4.78 is 1.40. The van der Waals surface area contributed by atoms with Crippen LogP contribution in [-0.2, 0) is 11.3 Å². The second-order valence-electron chi connectivity index (χ2n) is 3.53. The summed E-state index contributed by atoms with van der Waals surface area (Å²) in [6.07, 6.45) is 1.39. The molecule has 1 saturated heterocycles. The van der Waals surface area contributed by atoms with E-state index in [1.807, 2.05) is 0 Å². The van der Waals surface area contributed by atoms with Gasteiger partial charge in [0.25, 0.3) is 0 Å². The van der Waals surface area contributed by atoms with Crippen LogP contribution in [0.15, 0.2) is 12.4 Å². The van der Waals surface area contributed by atoms with Crippen molar-refractivity contribution >= 4 is 5.91 Å². The van der Waals surface area contributed by atoms with E-state index in [0.717, 1.165) is 0 Å². The van der Waals surface area contributed by atoms with Gasteiger partial charge in [-0.3, -0.25) is 4.79 Å². The SMILES string of the molecule is O=C(Cn1ccnn1)N1C[C@@H](O)[C@@H](O)C1. The van der Waals surface area contributed by atoms with E-state index in [9.17, 15) is 15.0 Å². The van der Waals surface area contributed by atoms with Crippen molar-refractivity contribution in [3.63, 3.8) is 0 Å². The van der Waals surface area contributed by atoms with Gasteiger partial charge in [0.2, 0.25) is 5.91 Å². The van der Waals surface area contributed by atoms with Gasteiger partial charge in [0.05, 0.1) is 18.4 Å². The minimum Gasteiger partial charge on any atom is -0.388 e. The minimum absolute atomic E-state index is 0.0828. The van der Waals surface area contributed by atoms with Gasteiger partial charge in [0.1, 0.15) is 6.54 Å². The van der Waals surface area contributed by atoms with Crippen molar-refractivity contribution in [2.45, 2.75) is 18.8 Å². The second-order valence-corrected chi connectivity index (χ2v) is 3.53. The summed E-state index contributed by atoms with van der Waals surface area (Å²) in [5.74, 6) is -0.184. The average Bonchev–Trinajstić information content (AvgIpc) is 2.78. The van der Waals surface area contributed by atoms with Gasteiger partial charge in [0.15, 0.2) is 0 Å². The standard InChI is InChI=1S/C8H12N4O3/c13-6-3-11(4-7(6)14)8(15)5-12-2-1-9-10-12/h1-2,6-7,13-14H,3-5H2/t6-,7+. The molecule has 0 saturated carbocycles. The lowest BCUT2D eigenvalue weighted by Crippen LogP contribution is -2.33. The molecule has 7 nitrogen and oxygen atoms in total. The number of carbonyl (C=O) groups is 1. The third kappa shape index (κ3) is 2.13. The molecule has 0 bridgehead atoms. The highest BCUT2D eigenvalue weighted by Crippen LogP contribution is 2.10. The third-order valence-electron chi connectivity index (χ3n) is 2.38. The van der Waals surface area contributed by atoms with Crippen molar-refractivity contribution in [2.75, 3.05) is 13.1 Å². The number of nitrogens with zero attached hydrogens (tertiary/aromatic N) is 4. The highest BCUT2D eigenvalue weighted by Gasteiger charge is 2.32. The van der Waals surface area contributed by atoms with Crippen molar-refractivity contribution in [3.8, 4) is 0 Å². The summed E-state index contributed by atoms with van der Waals surface area (Å²) in [5, 5.41) is 25.8. The lowest BCUT2D eigenvalue weighted by atomic mass is 10.3. The predicted octanol–water partition coefficient (Wildman–Crippen LogP) is -2.16. The maximum atomic E-state index is 11.6. The summed E-state index contributed by atoms with van der Waals surface area (Å²) in [7, 11) is 0.